The van der Waals surface area contributed by atoms with Gasteiger partial charge in [-0.05, 0) is 24.6 Å². The zero-order chi connectivity index (χ0) is 12.1. The summed E-state index contributed by atoms with van der Waals surface area (Å²) in [6.07, 6.45) is 0. The van der Waals surface area contributed by atoms with E-state index in [1.807, 2.05) is 6.07 Å². The zero-order valence-corrected chi connectivity index (χ0v) is 10.2. The van der Waals surface area contributed by atoms with Gasteiger partial charge in [0.1, 0.15) is 6.07 Å². The molecule has 84 valence electrons. The van der Waals surface area contributed by atoms with Crippen LogP contribution in [0.2, 0.25) is 0 Å². The van der Waals surface area contributed by atoms with E-state index < -0.39 is 5.97 Å². The van der Waals surface area contributed by atoms with Crippen LogP contribution in [-0.4, -0.2) is 17.7 Å². The van der Waals surface area contributed by atoms with Gasteiger partial charge >= 0.3 is 5.97 Å². The van der Waals surface area contributed by atoms with Crippen LogP contribution in [0.5, 0.6) is 0 Å². The van der Waals surface area contributed by atoms with E-state index in [4.69, 9.17) is 15.1 Å². The Labute approximate surface area is 102 Å². The number of ether oxygens (including phenoxy) is 1. The highest BCUT2D eigenvalue weighted by Crippen LogP contribution is 2.22. The average molecular weight is 284 g/mol. The maximum Gasteiger partial charge on any atom is 0.339 e. The Morgan fingerprint density at radius 1 is 1.62 bits per heavy atom. The number of rotatable bonds is 3. The Bertz CT molecular complexity index is 451. The third-order valence-electron chi connectivity index (χ3n) is 1.96. The smallest absolute Gasteiger partial charge is 0.339 e. The molecule has 1 rings (SSSR count). The van der Waals surface area contributed by atoms with E-state index >= 15 is 0 Å². The van der Waals surface area contributed by atoms with Crippen molar-refractivity contribution in [3.63, 3.8) is 0 Å². The van der Waals surface area contributed by atoms with Gasteiger partial charge in [0.15, 0.2) is 0 Å². The first-order valence-corrected chi connectivity index (χ1v) is 5.43. The van der Waals surface area contributed by atoms with Crippen LogP contribution in [-0.2, 0) is 11.3 Å². The summed E-state index contributed by atoms with van der Waals surface area (Å²) in [5.41, 5.74) is 0.729. The van der Waals surface area contributed by atoms with Crippen molar-refractivity contribution in [2.75, 3.05) is 6.61 Å². The van der Waals surface area contributed by atoms with Crippen LogP contribution < -0.4 is 0 Å². The molecular formula is C11H10BrNO3. The van der Waals surface area contributed by atoms with Crippen molar-refractivity contribution in [3.8, 4) is 6.07 Å². The minimum Gasteiger partial charge on any atom is -0.462 e. The molecule has 0 amide bonds. The van der Waals surface area contributed by atoms with E-state index in [2.05, 4.69) is 15.9 Å². The summed E-state index contributed by atoms with van der Waals surface area (Å²) in [4.78, 5) is 11.6. The second-order valence-electron chi connectivity index (χ2n) is 2.98. The number of aliphatic hydroxyl groups excluding tert-OH is 1. The topological polar surface area (TPSA) is 70.3 Å². The van der Waals surface area contributed by atoms with E-state index in [0.717, 1.165) is 0 Å². The van der Waals surface area contributed by atoms with Gasteiger partial charge < -0.3 is 9.84 Å². The molecule has 0 aliphatic rings. The van der Waals surface area contributed by atoms with Gasteiger partial charge in [-0.25, -0.2) is 4.79 Å². The fourth-order valence-corrected chi connectivity index (χ4v) is 1.80. The highest BCUT2D eigenvalue weighted by Gasteiger charge is 2.16. The van der Waals surface area contributed by atoms with Crippen molar-refractivity contribution >= 4 is 21.9 Å². The molecule has 0 saturated heterocycles. The number of nitrogens with zero attached hydrogens (tertiary/aromatic N) is 1. The van der Waals surface area contributed by atoms with Crippen molar-refractivity contribution in [1.29, 1.82) is 5.26 Å². The van der Waals surface area contributed by atoms with Crippen LogP contribution in [0, 0.1) is 11.3 Å². The largest absolute Gasteiger partial charge is 0.462 e. The fourth-order valence-electron chi connectivity index (χ4n) is 1.29. The van der Waals surface area contributed by atoms with E-state index in [-0.39, 0.29) is 24.3 Å². The highest BCUT2D eigenvalue weighted by atomic mass is 79.9. The molecule has 0 saturated carbocycles. The minimum atomic E-state index is -0.560. The molecule has 0 bridgehead atoms. The van der Waals surface area contributed by atoms with E-state index in [9.17, 15) is 4.79 Å². The fraction of sp³-hybridized carbons (Fsp3) is 0.273. The summed E-state index contributed by atoms with van der Waals surface area (Å²) < 4.78 is 5.46. The second-order valence-corrected chi connectivity index (χ2v) is 3.89. The number of carbonyl (C=O) groups is 1. The monoisotopic (exact) mass is 283 g/mol. The van der Waals surface area contributed by atoms with Crippen molar-refractivity contribution in [3.05, 3.63) is 33.3 Å². The Morgan fingerprint density at radius 3 is 2.81 bits per heavy atom. The van der Waals surface area contributed by atoms with Crippen LogP contribution in [0.25, 0.3) is 0 Å². The number of halogens is 1. The van der Waals surface area contributed by atoms with E-state index in [1.165, 1.54) is 6.07 Å². The van der Waals surface area contributed by atoms with Crippen LogP contribution in [0.3, 0.4) is 0 Å². The molecule has 0 aliphatic heterocycles. The van der Waals surface area contributed by atoms with Crippen molar-refractivity contribution in [2.24, 2.45) is 0 Å². The molecule has 0 fully saturated rings. The molecule has 0 aromatic heterocycles. The maximum atomic E-state index is 11.6. The number of benzene rings is 1. The van der Waals surface area contributed by atoms with Gasteiger partial charge in [0, 0.05) is 4.47 Å². The molecule has 0 heterocycles. The van der Waals surface area contributed by atoms with Crippen molar-refractivity contribution < 1.29 is 14.6 Å². The van der Waals surface area contributed by atoms with Crippen molar-refractivity contribution in [1.82, 2.24) is 0 Å². The predicted octanol–water partition coefficient (Wildman–Crippen LogP) is 1.99. The summed E-state index contributed by atoms with van der Waals surface area (Å²) in [5, 5.41) is 18.0. The normalized spacial score (nSPS) is 9.62. The second kappa shape index (κ2) is 5.64. The van der Waals surface area contributed by atoms with E-state index in [1.54, 1.807) is 13.0 Å². The Hall–Kier alpha value is -1.38. The highest BCUT2D eigenvalue weighted by molar-refractivity contribution is 9.10. The summed E-state index contributed by atoms with van der Waals surface area (Å²) in [6.45, 7) is 1.63. The molecule has 1 aromatic carbocycles. The van der Waals surface area contributed by atoms with Gasteiger partial charge in [0.05, 0.1) is 24.3 Å². The van der Waals surface area contributed by atoms with Gasteiger partial charge in [-0.3, -0.25) is 0 Å². The average Bonchev–Trinajstić information content (AvgIpc) is 2.28. The zero-order valence-electron chi connectivity index (χ0n) is 8.66. The van der Waals surface area contributed by atoms with Crippen LogP contribution >= 0.6 is 15.9 Å². The molecule has 0 spiro atoms. The molecule has 16 heavy (non-hydrogen) atoms. The van der Waals surface area contributed by atoms with Crippen LogP contribution in [0.1, 0.15) is 28.4 Å². The standard InChI is InChI=1S/C11H10BrNO3/c1-2-16-11(15)9-4-8(12)3-7(6-14)10(9)5-13/h3-4,14H,2,6H2,1H3. The molecule has 1 N–H and O–H groups in total. The first kappa shape index (κ1) is 12.7. The van der Waals surface area contributed by atoms with Crippen molar-refractivity contribution in [2.45, 2.75) is 13.5 Å². The molecule has 0 unspecified atom stereocenters. The minimum absolute atomic E-state index is 0.157. The number of aliphatic hydroxyl groups is 1. The number of carbonyl (C=O) groups excluding carboxylic acids is 1. The number of nitriles is 1. The van der Waals surface area contributed by atoms with Gasteiger partial charge in [0.2, 0.25) is 0 Å². The van der Waals surface area contributed by atoms with Gasteiger partial charge in [-0.1, -0.05) is 15.9 Å². The van der Waals surface area contributed by atoms with Gasteiger partial charge in [-0.15, -0.1) is 0 Å². The number of hydrogen-bond acceptors (Lipinski definition) is 4. The Morgan fingerprint density at radius 2 is 2.31 bits per heavy atom. The first-order chi connectivity index (χ1) is 7.63. The predicted molar refractivity (Wildman–Crippen MR) is 60.7 cm³/mol. The quantitative estimate of drug-likeness (QED) is 0.862. The lowest BCUT2D eigenvalue weighted by Gasteiger charge is -2.08. The summed E-state index contributed by atoms with van der Waals surface area (Å²) in [6, 6.07) is 5.01. The van der Waals surface area contributed by atoms with Crippen LogP contribution in [0.15, 0.2) is 16.6 Å². The lowest BCUT2D eigenvalue weighted by Crippen LogP contribution is -2.09. The molecular weight excluding hydrogens is 274 g/mol. The molecule has 5 heteroatoms. The van der Waals surface area contributed by atoms with Gasteiger partial charge in [0.25, 0.3) is 0 Å². The summed E-state index contributed by atoms with van der Waals surface area (Å²) >= 11 is 3.21. The molecule has 0 atom stereocenters. The number of esters is 1. The summed E-state index contributed by atoms with van der Waals surface area (Å²) in [5.74, 6) is -0.560. The molecule has 1 aromatic rings. The first-order valence-electron chi connectivity index (χ1n) is 4.64. The van der Waals surface area contributed by atoms with Gasteiger partial charge in [-0.2, -0.15) is 5.26 Å². The van der Waals surface area contributed by atoms with Crippen LogP contribution in [0.4, 0.5) is 0 Å². The third kappa shape index (κ3) is 2.60. The molecule has 4 nitrogen and oxygen atoms in total. The SMILES string of the molecule is CCOC(=O)c1cc(Br)cc(CO)c1C#N. The third-order valence-corrected chi connectivity index (χ3v) is 2.42. The Balaban J connectivity index is 3.32. The lowest BCUT2D eigenvalue weighted by molar-refractivity contribution is 0.0525. The Kier molecular flexibility index (Phi) is 4.47. The maximum absolute atomic E-state index is 11.6. The lowest BCUT2D eigenvalue weighted by atomic mass is 10.0. The summed E-state index contributed by atoms with van der Waals surface area (Å²) in [7, 11) is 0. The number of hydrogen-bond donors (Lipinski definition) is 1. The molecule has 0 aliphatic carbocycles. The molecule has 0 radical (unpaired) electrons. The van der Waals surface area contributed by atoms with E-state index in [0.29, 0.717) is 10.0 Å².